The first-order chi connectivity index (χ1) is 9.60. The SMILES string of the molecule is CC1CCC(C(C)C)C(OCc2cccc(C#N)c2)C1. The molecule has 1 aliphatic rings. The van der Waals surface area contributed by atoms with Crippen LogP contribution in [0, 0.1) is 29.1 Å². The van der Waals surface area contributed by atoms with E-state index in [1.165, 1.54) is 19.3 Å². The predicted octanol–water partition coefficient (Wildman–Crippen LogP) is 4.54. The lowest BCUT2D eigenvalue weighted by Crippen LogP contribution is -2.34. The van der Waals surface area contributed by atoms with E-state index in [0.29, 0.717) is 30.1 Å². The van der Waals surface area contributed by atoms with Gasteiger partial charge in [-0.15, -0.1) is 0 Å². The van der Waals surface area contributed by atoms with Crippen molar-refractivity contribution in [3.05, 3.63) is 35.4 Å². The molecule has 1 aliphatic carbocycles. The van der Waals surface area contributed by atoms with E-state index in [2.05, 4.69) is 26.8 Å². The van der Waals surface area contributed by atoms with E-state index in [1.54, 1.807) is 0 Å². The van der Waals surface area contributed by atoms with Gasteiger partial charge in [-0.1, -0.05) is 39.3 Å². The van der Waals surface area contributed by atoms with Gasteiger partial charge in [0.25, 0.3) is 0 Å². The van der Waals surface area contributed by atoms with Crippen molar-refractivity contribution in [1.29, 1.82) is 5.26 Å². The minimum atomic E-state index is 0.365. The van der Waals surface area contributed by atoms with Gasteiger partial charge in [0.05, 0.1) is 24.3 Å². The molecule has 0 N–H and O–H groups in total. The summed E-state index contributed by atoms with van der Waals surface area (Å²) in [6.45, 7) is 7.54. The van der Waals surface area contributed by atoms with Crippen LogP contribution in [0.15, 0.2) is 24.3 Å². The van der Waals surface area contributed by atoms with Gasteiger partial charge in [-0.05, 0) is 48.3 Å². The highest BCUT2D eigenvalue weighted by Gasteiger charge is 2.31. The molecule has 1 aromatic carbocycles. The summed E-state index contributed by atoms with van der Waals surface area (Å²) < 4.78 is 6.20. The molecule has 2 rings (SSSR count). The first-order valence-corrected chi connectivity index (χ1v) is 7.70. The average molecular weight is 271 g/mol. The second kappa shape index (κ2) is 6.90. The number of ether oxygens (including phenoxy) is 1. The van der Waals surface area contributed by atoms with Crippen molar-refractivity contribution < 1.29 is 4.74 Å². The fourth-order valence-electron chi connectivity index (χ4n) is 3.24. The Morgan fingerprint density at radius 1 is 1.35 bits per heavy atom. The lowest BCUT2D eigenvalue weighted by molar-refractivity contribution is -0.0472. The Kier molecular flexibility index (Phi) is 5.20. The topological polar surface area (TPSA) is 33.0 Å². The summed E-state index contributed by atoms with van der Waals surface area (Å²) in [6.07, 6.45) is 4.14. The fraction of sp³-hybridized carbons (Fsp3) is 0.611. The highest BCUT2D eigenvalue weighted by Crippen LogP contribution is 2.35. The molecule has 0 saturated heterocycles. The van der Waals surface area contributed by atoms with Gasteiger partial charge in [-0.2, -0.15) is 5.26 Å². The molecule has 1 aromatic rings. The van der Waals surface area contributed by atoms with E-state index >= 15 is 0 Å². The van der Waals surface area contributed by atoms with Crippen LogP contribution in [-0.4, -0.2) is 6.10 Å². The van der Waals surface area contributed by atoms with E-state index in [-0.39, 0.29) is 0 Å². The maximum Gasteiger partial charge on any atom is 0.0991 e. The van der Waals surface area contributed by atoms with Gasteiger partial charge in [-0.25, -0.2) is 0 Å². The van der Waals surface area contributed by atoms with E-state index in [4.69, 9.17) is 10.00 Å². The van der Waals surface area contributed by atoms with Crippen LogP contribution in [-0.2, 0) is 11.3 Å². The highest BCUT2D eigenvalue weighted by molar-refractivity contribution is 5.32. The predicted molar refractivity (Wildman–Crippen MR) is 81.1 cm³/mol. The van der Waals surface area contributed by atoms with Crippen LogP contribution < -0.4 is 0 Å². The first-order valence-electron chi connectivity index (χ1n) is 7.70. The second-order valence-electron chi connectivity index (χ2n) is 6.49. The Bertz CT molecular complexity index is 475. The minimum Gasteiger partial charge on any atom is -0.373 e. The van der Waals surface area contributed by atoms with Crippen molar-refractivity contribution in [2.24, 2.45) is 17.8 Å². The van der Waals surface area contributed by atoms with Gasteiger partial charge in [0, 0.05) is 0 Å². The summed E-state index contributed by atoms with van der Waals surface area (Å²) in [4.78, 5) is 0. The van der Waals surface area contributed by atoms with Crippen LogP contribution in [0.1, 0.15) is 51.2 Å². The third-order valence-electron chi connectivity index (χ3n) is 4.48. The van der Waals surface area contributed by atoms with Gasteiger partial charge >= 0.3 is 0 Å². The van der Waals surface area contributed by atoms with Gasteiger partial charge < -0.3 is 4.74 Å². The first kappa shape index (κ1) is 15.1. The zero-order chi connectivity index (χ0) is 14.5. The molecule has 0 amide bonds. The molecule has 2 nitrogen and oxygen atoms in total. The van der Waals surface area contributed by atoms with Crippen LogP contribution in [0.2, 0.25) is 0 Å². The molecule has 2 heteroatoms. The van der Waals surface area contributed by atoms with Crippen LogP contribution in [0.3, 0.4) is 0 Å². The van der Waals surface area contributed by atoms with Crippen LogP contribution in [0.25, 0.3) is 0 Å². The molecular weight excluding hydrogens is 246 g/mol. The molecule has 108 valence electrons. The van der Waals surface area contributed by atoms with Crippen molar-refractivity contribution in [3.63, 3.8) is 0 Å². The largest absolute Gasteiger partial charge is 0.373 e. The zero-order valence-electron chi connectivity index (χ0n) is 12.8. The van der Waals surface area contributed by atoms with Gasteiger partial charge in [0.15, 0.2) is 0 Å². The maximum absolute atomic E-state index is 8.94. The minimum absolute atomic E-state index is 0.365. The molecule has 0 bridgehead atoms. The molecule has 3 unspecified atom stereocenters. The Morgan fingerprint density at radius 2 is 2.15 bits per heavy atom. The van der Waals surface area contributed by atoms with Gasteiger partial charge in [0.1, 0.15) is 0 Å². The lowest BCUT2D eigenvalue weighted by atomic mass is 9.75. The van der Waals surface area contributed by atoms with E-state index in [1.807, 2.05) is 24.3 Å². The van der Waals surface area contributed by atoms with Crippen molar-refractivity contribution in [3.8, 4) is 6.07 Å². The standard InChI is InChI=1S/C18H25NO/c1-13(2)17-8-7-14(3)9-18(17)20-12-16-6-4-5-15(10-16)11-19/h4-6,10,13-14,17-18H,7-9,12H2,1-3H3. The number of hydrogen-bond acceptors (Lipinski definition) is 2. The Balaban J connectivity index is 1.98. The van der Waals surface area contributed by atoms with Crippen LogP contribution in [0.5, 0.6) is 0 Å². The number of rotatable bonds is 4. The maximum atomic E-state index is 8.94. The Hall–Kier alpha value is -1.33. The molecule has 0 spiro atoms. The Morgan fingerprint density at radius 3 is 2.85 bits per heavy atom. The second-order valence-corrected chi connectivity index (χ2v) is 6.49. The smallest absolute Gasteiger partial charge is 0.0991 e. The Labute approximate surface area is 122 Å². The summed E-state index contributed by atoms with van der Waals surface area (Å²) in [5.74, 6) is 2.11. The molecular formula is C18H25NO. The molecule has 0 heterocycles. The molecule has 0 aliphatic heterocycles. The van der Waals surface area contributed by atoms with Crippen LogP contribution >= 0.6 is 0 Å². The number of nitriles is 1. The van der Waals surface area contributed by atoms with Gasteiger partial charge in [-0.3, -0.25) is 0 Å². The van der Waals surface area contributed by atoms with Crippen LogP contribution in [0.4, 0.5) is 0 Å². The number of benzene rings is 1. The highest BCUT2D eigenvalue weighted by atomic mass is 16.5. The summed E-state index contributed by atoms with van der Waals surface area (Å²) >= 11 is 0. The fourth-order valence-corrected chi connectivity index (χ4v) is 3.24. The molecule has 0 aromatic heterocycles. The zero-order valence-corrected chi connectivity index (χ0v) is 12.8. The molecule has 1 saturated carbocycles. The molecule has 3 atom stereocenters. The summed E-state index contributed by atoms with van der Waals surface area (Å²) in [7, 11) is 0. The van der Waals surface area contributed by atoms with Crippen molar-refractivity contribution in [2.75, 3.05) is 0 Å². The monoisotopic (exact) mass is 271 g/mol. The third kappa shape index (κ3) is 3.84. The summed E-state index contributed by atoms with van der Waals surface area (Å²) in [5, 5.41) is 8.94. The number of nitrogens with zero attached hydrogens (tertiary/aromatic N) is 1. The molecule has 20 heavy (non-hydrogen) atoms. The number of hydrogen-bond donors (Lipinski definition) is 0. The van der Waals surface area contributed by atoms with E-state index < -0.39 is 0 Å². The van der Waals surface area contributed by atoms with Crippen molar-refractivity contribution in [1.82, 2.24) is 0 Å². The third-order valence-corrected chi connectivity index (χ3v) is 4.48. The van der Waals surface area contributed by atoms with Gasteiger partial charge in [0.2, 0.25) is 0 Å². The van der Waals surface area contributed by atoms with Crippen molar-refractivity contribution in [2.45, 2.75) is 52.7 Å². The van der Waals surface area contributed by atoms with E-state index in [9.17, 15) is 0 Å². The molecule has 0 radical (unpaired) electrons. The summed E-state index contributed by atoms with van der Waals surface area (Å²) in [5.41, 5.74) is 1.81. The molecule has 1 fully saturated rings. The summed E-state index contributed by atoms with van der Waals surface area (Å²) in [6, 6.07) is 9.92. The lowest BCUT2D eigenvalue weighted by Gasteiger charge is -2.37. The quantitative estimate of drug-likeness (QED) is 0.805. The van der Waals surface area contributed by atoms with Crippen molar-refractivity contribution >= 4 is 0 Å². The normalized spacial score (nSPS) is 26.4. The average Bonchev–Trinajstić information content (AvgIpc) is 2.45. The van der Waals surface area contributed by atoms with E-state index in [0.717, 1.165) is 11.5 Å².